The van der Waals surface area contributed by atoms with E-state index in [0.717, 1.165) is 24.3 Å². The first-order chi connectivity index (χ1) is 13.4. The summed E-state index contributed by atoms with van der Waals surface area (Å²) in [4.78, 5) is 10.6. The zero-order chi connectivity index (χ0) is 20.1. The molecule has 0 aliphatic carbocycles. The van der Waals surface area contributed by atoms with Gasteiger partial charge in [-0.3, -0.25) is 0 Å². The van der Waals surface area contributed by atoms with Crippen LogP contribution in [0.4, 0.5) is 15.8 Å². The Bertz CT molecular complexity index is 893. The Labute approximate surface area is 166 Å². The molecule has 0 unspecified atom stereocenters. The Balaban J connectivity index is 1.61. The van der Waals surface area contributed by atoms with Crippen molar-refractivity contribution in [3.8, 4) is 0 Å². The molecule has 1 N–H and O–H groups in total. The average Bonchev–Trinajstić information content (AvgIpc) is 2.68. The highest BCUT2D eigenvalue weighted by Gasteiger charge is 2.36. The first kappa shape index (κ1) is 19.8. The van der Waals surface area contributed by atoms with E-state index in [1.165, 1.54) is 18.2 Å². The topological polar surface area (TPSA) is 40.0 Å². The average molecular weight is 378 g/mol. The van der Waals surface area contributed by atoms with Crippen molar-refractivity contribution in [2.75, 3.05) is 23.3 Å². The normalized spacial score (nSPS) is 16.1. The van der Waals surface area contributed by atoms with Gasteiger partial charge in [0, 0.05) is 36.1 Å². The second kappa shape index (κ2) is 8.38. The van der Waals surface area contributed by atoms with Crippen LogP contribution in [0, 0.1) is 18.2 Å². The summed E-state index contributed by atoms with van der Waals surface area (Å²) >= 11 is 0. The van der Waals surface area contributed by atoms with Crippen molar-refractivity contribution in [2.24, 2.45) is 15.4 Å². The lowest BCUT2D eigenvalue weighted by atomic mass is 9.79. The van der Waals surface area contributed by atoms with Crippen LogP contribution in [0.15, 0.2) is 58.6 Å². The minimum atomic E-state index is -0.211. The van der Waals surface area contributed by atoms with Crippen LogP contribution in [-0.4, -0.2) is 25.8 Å². The molecule has 1 fully saturated rings. The highest BCUT2D eigenvalue weighted by Crippen LogP contribution is 2.36. The minimum Gasteiger partial charge on any atom is -0.370 e. The van der Waals surface area contributed by atoms with Crippen molar-refractivity contribution in [3.63, 3.8) is 0 Å². The lowest BCUT2D eigenvalue weighted by Gasteiger charge is -2.49. The summed E-state index contributed by atoms with van der Waals surface area (Å²) < 4.78 is 13.3. The Morgan fingerprint density at radius 2 is 1.96 bits per heavy atom. The molecule has 3 rings (SSSR count). The Hall–Kier alpha value is -2.95. The molecule has 2 aromatic rings. The summed E-state index contributed by atoms with van der Waals surface area (Å²) in [5.41, 5.74) is 4.06. The maximum Gasteiger partial charge on any atom is 0.226 e. The van der Waals surface area contributed by atoms with E-state index in [0.29, 0.717) is 16.9 Å². The van der Waals surface area contributed by atoms with E-state index < -0.39 is 0 Å². The molecule has 146 valence electrons. The number of hydrogen-bond donors (Lipinski definition) is 1. The number of benzene rings is 2. The second-order valence-corrected chi connectivity index (χ2v) is 7.63. The molecule has 0 saturated carbocycles. The van der Waals surface area contributed by atoms with Crippen LogP contribution in [0.3, 0.4) is 0 Å². The summed E-state index contributed by atoms with van der Waals surface area (Å²) in [6, 6.07) is 13.2. The Morgan fingerprint density at radius 1 is 1.25 bits per heavy atom. The molecular formula is C23H27FN4. The van der Waals surface area contributed by atoms with E-state index in [9.17, 15) is 4.39 Å². The molecule has 1 aliphatic rings. The van der Waals surface area contributed by atoms with Crippen LogP contribution in [0.25, 0.3) is 6.08 Å². The monoisotopic (exact) mass is 378 g/mol. The number of halogens is 1. The molecule has 0 amide bonds. The number of guanidine groups is 1. The van der Waals surface area contributed by atoms with Gasteiger partial charge in [-0.05, 0) is 73.7 Å². The van der Waals surface area contributed by atoms with Gasteiger partial charge in [0.25, 0.3) is 0 Å². The predicted molar refractivity (Wildman–Crippen MR) is 118 cm³/mol. The number of nitrogens with zero attached hydrogens (tertiary/aromatic N) is 3. The van der Waals surface area contributed by atoms with Crippen molar-refractivity contribution in [3.05, 3.63) is 65.6 Å². The third-order valence-electron chi connectivity index (χ3n) is 5.28. The van der Waals surface area contributed by atoms with E-state index in [2.05, 4.69) is 52.9 Å². The summed E-state index contributed by atoms with van der Waals surface area (Å²) in [5.74, 6) is 0.196. The van der Waals surface area contributed by atoms with E-state index in [4.69, 9.17) is 0 Å². The van der Waals surface area contributed by atoms with Crippen molar-refractivity contribution >= 4 is 30.1 Å². The van der Waals surface area contributed by atoms with E-state index in [-0.39, 0.29) is 5.82 Å². The van der Waals surface area contributed by atoms with Gasteiger partial charge in [-0.15, -0.1) is 0 Å². The van der Waals surface area contributed by atoms with Crippen LogP contribution in [0.5, 0.6) is 0 Å². The lowest BCUT2D eigenvalue weighted by Crippen LogP contribution is -2.54. The van der Waals surface area contributed by atoms with Gasteiger partial charge in [-0.2, -0.15) is 0 Å². The fourth-order valence-corrected chi connectivity index (χ4v) is 3.24. The molecule has 0 atom stereocenters. The highest BCUT2D eigenvalue weighted by atomic mass is 19.1. The van der Waals surface area contributed by atoms with Gasteiger partial charge in [0.2, 0.25) is 5.96 Å². The third kappa shape index (κ3) is 4.66. The molecule has 1 heterocycles. The van der Waals surface area contributed by atoms with Crippen molar-refractivity contribution in [1.29, 1.82) is 0 Å². The summed E-state index contributed by atoms with van der Waals surface area (Å²) in [6.45, 7) is 12.1. The summed E-state index contributed by atoms with van der Waals surface area (Å²) in [5, 5.41) is 3.16. The number of hydrogen-bond acceptors (Lipinski definition) is 2. The van der Waals surface area contributed by atoms with E-state index in [1.807, 2.05) is 12.1 Å². The van der Waals surface area contributed by atoms with Gasteiger partial charge in [0.15, 0.2) is 0 Å². The van der Waals surface area contributed by atoms with Crippen LogP contribution in [-0.2, 0) is 0 Å². The first-order valence-corrected chi connectivity index (χ1v) is 9.52. The van der Waals surface area contributed by atoms with Gasteiger partial charge in [0.05, 0.1) is 0 Å². The molecule has 0 bridgehead atoms. The SMILES string of the molecule is C=NC(=N/C=C\c1ccc(F)c(C)c1)Nc1ccc(N2CC(C)(CC)C2)cc1. The van der Waals surface area contributed by atoms with Gasteiger partial charge < -0.3 is 10.2 Å². The maximum atomic E-state index is 13.3. The smallest absolute Gasteiger partial charge is 0.226 e. The molecule has 1 aliphatic heterocycles. The lowest BCUT2D eigenvalue weighted by molar-refractivity contribution is 0.234. The molecule has 28 heavy (non-hydrogen) atoms. The zero-order valence-corrected chi connectivity index (χ0v) is 16.7. The van der Waals surface area contributed by atoms with Gasteiger partial charge >= 0.3 is 0 Å². The Kier molecular flexibility index (Phi) is 5.93. The van der Waals surface area contributed by atoms with Crippen LogP contribution in [0.2, 0.25) is 0 Å². The minimum absolute atomic E-state index is 0.211. The van der Waals surface area contributed by atoms with Gasteiger partial charge in [-0.1, -0.05) is 19.9 Å². The maximum absolute atomic E-state index is 13.3. The number of aliphatic imine (C=N–C) groups is 2. The molecule has 1 saturated heterocycles. The third-order valence-corrected chi connectivity index (χ3v) is 5.28. The molecule has 0 aromatic heterocycles. The van der Waals surface area contributed by atoms with Crippen molar-refractivity contribution in [1.82, 2.24) is 0 Å². The molecule has 4 nitrogen and oxygen atoms in total. The molecule has 5 heteroatoms. The van der Waals surface area contributed by atoms with E-state index in [1.54, 1.807) is 31.3 Å². The standard InChI is InChI=1S/C23H27FN4/c1-5-23(3)15-28(16-23)20-9-7-19(8-10-20)27-22(25-4)26-13-12-18-6-11-21(24)17(2)14-18/h6-14H,4-5,15-16H2,1-3H3,(H,26,27)/b13-12-. The quantitative estimate of drug-likeness (QED) is 0.550. The Morgan fingerprint density at radius 3 is 2.57 bits per heavy atom. The molecular weight excluding hydrogens is 351 g/mol. The summed E-state index contributed by atoms with van der Waals surface area (Å²) in [7, 11) is 0. The number of rotatable bonds is 5. The van der Waals surface area contributed by atoms with Gasteiger partial charge in [0.1, 0.15) is 5.82 Å². The number of anilines is 2. The molecule has 2 aromatic carbocycles. The molecule has 0 spiro atoms. The summed E-state index contributed by atoms with van der Waals surface area (Å²) in [6.07, 6.45) is 4.64. The largest absolute Gasteiger partial charge is 0.370 e. The fourth-order valence-electron chi connectivity index (χ4n) is 3.24. The fraction of sp³-hybridized carbons (Fsp3) is 0.304. The number of aryl methyl sites for hydroxylation is 1. The predicted octanol–water partition coefficient (Wildman–Crippen LogP) is 5.51. The van der Waals surface area contributed by atoms with Gasteiger partial charge in [-0.25, -0.2) is 14.4 Å². The van der Waals surface area contributed by atoms with Crippen molar-refractivity contribution < 1.29 is 4.39 Å². The van der Waals surface area contributed by atoms with Crippen LogP contribution < -0.4 is 10.2 Å². The first-order valence-electron chi connectivity index (χ1n) is 9.52. The van der Waals surface area contributed by atoms with Crippen LogP contribution >= 0.6 is 0 Å². The highest BCUT2D eigenvalue weighted by molar-refractivity contribution is 5.97. The van der Waals surface area contributed by atoms with Crippen molar-refractivity contribution in [2.45, 2.75) is 27.2 Å². The molecule has 0 radical (unpaired) electrons. The number of nitrogens with one attached hydrogen (secondary N) is 1. The zero-order valence-electron chi connectivity index (χ0n) is 16.7. The van der Waals surface area contributed by atoms with E-state index >= 15 is 0 Å². The van der Waals surface area contributed by atoms with Crippen LogP contribution in [0.1, 0.15) is 31.4 Å². The second-order valence-electron chi connectivity index (χ2n) is 7.63.